The number of fused-ring (bicyclic) bond motifs is 2. The molecule has 2 heterocycles. The highest BCUT2D eigenvalue weighted by Gasteiger charge is 2.26. The van der Waals surface area contributed by atoms with Gasteiger partial charge in [0.15, 0.2) is 11.5 Å². The van der Waals surface area contributed by atoms with E-state index in [1.807, 2.05) is 0 Å². The lowest BCUT2D eigenvalue weighted by Crippen LogP contribution is -2.17. The third-order valence-electron chi connectivity index (χ3n) is 4.03. The highest BCUT2D eigenvalue weighted by Crippen LogP contribution is 2.39. The molecule has 2 amide bonds. The first-order valence-electron chi connectivity index (χ1n) is 7.29. The molecule has 1 aromatic carbocycles. The number of thiophene rings is 1. The van der Waals surface area contributed by atoms with E-state index in [2.05, 4.69) is 5.32 Å². The van der Waals surface area contributed by atoms with Crippen LogP contribution in [0.1, 0.15) is 37.6 Å². The molecule has 0 saturated heterocycles. The van der Waals surface area contributed by atoms with Crippen molar-refractivity contribution >= 4 is 28.2 Å². The molecule has 0 bridgehead atoms. The smallest absolute Gasteiger partial charge is 0.256 e. The van der Waals surface area contributed by atoms with E-state index in [4.69, 9.17) is 15.2 Å². The Bertz CT molecular complexity index is 828. The summed E-state index contributed by atoms with van der Waals surface area (Å²) in [6, 6.07) is 4.98. The first-order valence-corrected chi connectivity index (χ1v) is 8.10. The Morgan fingerprint density at radius 2 is 2.00 bits per heavy atom. The zero-order chi connectivity index (χ0) is 16.0. The quantitative estimate of drug-likeness (QED) is 0.903. The fourth-order valence-corrected chi connectivity index (χ4v) is 4.26. The van der Waals surface area contributed by atoms with Crippen LogP contribution in [0.5, 0.6) is 11.5 Å². The summed E-state index contributed by atoms with van der Waals surface area (Å²) >= 11 is 1.44. The molecule has 0 unspecified atom stereocenters. The van der Waals surface area contributed by atoms with Gasteiger partial charge in [0, 0.05) is 10.4 Å². The number of nitrogens with two attached hydrogens (primary N) is 1. The number of aryl methyl sites for hydroxylation is 1. The van der Waals surface area contributed by atoms with Crippen LogP contribution in [0.4, 0.5) is 5.00 Å². The van der Waals surface area contributed by atoms with Gasteiger partial charge in [0.05, 0.1) is 5.56 Å². The lowest BCUT2D eigenvalue weighted by atomic mass is 10.1. The number of benzene rings is 1. The molecule has 3 N–H and O–H groups in total. The van der Waals surface area contributed by atoms with Gasteiger partial charge < -0.3 is 20.5 Å². The minimum atomic E-state index is -0.495. The van der Waals surface area contributed by atoms with Gasteiger partial charge in [-0.25, -0.2) is 0 Å². The van der Waals surface area contributed by atoms with Crippen molar-refractivity contribution in [3.8, 4) is 11.5 Å². The second-order valence-corrected chi connectivity index (χ2v) is 6.55. The number of primary amides is 1. The molecule has 118 valence electrons. The molecule has 1 aliphatic heterocycles. The maximum Gasteiger partial charge on any atom is 0.256 e. The average Bonchev–Trinajstić information content (AvgIpc) is 3.20. The second-order valence-electron chi connectivity index (χ2n) is 5.45. The molecule has 0 radical (unpaired) electrons. The number of carbonyl (C=O) groups is 2. The van der Waals surface area contributed by atoms with Crippen LogP contribution in [0.15, 0.2) is 18.2 Å². The van der Waals surface area contributed by atoms with E-state index in [0.717, 1.165) is 29.7 Å². The van der Waals surface area contributed by atoms with Crippen molar-refractivity contribution in [2.45, 2.75) is 19.3 Å². The van der Waals surface area contributed by atoms with Gasteiger partial charge in [-0.3, -0.25) is 9.59 Å². The van der Waals surface area contributed by atoms with E-state index in [1.54, 1.807) is 18.2 Å². The summed E-state index contributed by atoms with van der Waals surface area (Å²) in [6.07, 6.45) is 2.79. The Morgan fingerprint density at radius 1 is 1.17 bits per heavy atom. The summed E-state index contributed by atoms with van der Waals surface area (Å²) < 4.78 is 10.5. The molecular weight excluding hydrogens is 316 g/mol. The summed E-state index contributed by atoms with van der Waals surface area (Å²) in [6.45, 7) is 0.157. The third kappa shape index (κ3) is 2.33. The third-order valence-corrected chi connectivity index (χ3v) is 5.24. The van der Waals surface area contributed by atoms with Gasteiger partial charge in [-0.2, -0.15) is 0 Å². The highest BCUT2D eigenvalue weighted by atomic mass is 32.1. The van der Waals surface area contributed by atoms with Gasteiger partial charge in [0.2, 0.25) is 6.79 Å². The van der Waals surface area contributed by atoms with Crippen LogP contribution in [-0.4, -0.2) is 18.6 Å². The van der Waals surface area contributed by atoms with E-state index in [1.165, 1.54) is 11.3 Å². The highest BCUT2D eigenvalue weighted by molar-refractivity contribution is 7.17. The zero-order valence-electron chi connectivity index (χ0n) is 12.2. The van der Waals surface area contributed by atoms with E-state index in [9.17, 15) is 9.59 Å². The minimum Gasteiger partial charge on any atom is -0.454 e. The lowest BCUT2D eigenvalue weighted by molar-refractivity contribution is 0.100. The van der Waals surface area contributed by atoms with E-state index in [0.29, 0.717) is 27.6 Å². The van der Waals surface area contributed by atoms with Crippen molar-refractivity contribution in [2.75, 3.05) is 12.1 Å². The van der Waals surface area contributed by atoms with Gasteiger partial charge in [-0.05, 0) is 43.0 Å². The van der Waals surface area contributed by atoms with Crippen LogP contribution in [0, 0.1) is 0 Å². The van der Waals surface area contributed by atoms with Crippen LogP contribution in [0.25, 0.3) is 0 Å². The SMILES string of the molecule is NC(=O)c1c(NC(=O)c2ccc3c(c2)OCO3)sc2c1CCC2. The number of hydrogen-bond donors (Lipinski definition) is 2. The molecule has 23 heavy (non-hydrogen) atoms. The maximum absolute atomic E-state index is 12.5. The van der Waals surface area contributed by atoms with Crippen molar-refractivity contribution in [1.82, 2.24) is 0 Å². The molecule has 0 fully saturated rings. The average molecular weight is 330 g/mol. The molecule has 0 saturated carbocycles. The van der Waals surface area contributed by atoms with E-state index >= 15 is 0 Å². The first-order chi connectivity index (χ1) is 11.1. The number of carbonyl (C=O) groups excluding carboxylic acids is 2. The molecule has 1 aromatic heterocycles. The van der Waals surface area contributed by atoms with E-state index < -0.39 is 5.91 Å². The van der Waals surface area contributed by atoms with Gasteiger partial charge >= 0.3 is 0 Å². The minimum absolute atomic E-state index is 0.157. The second kappa shape index (κ2) is 5.27. The fourth-order valence-electron chi connectivity index (χ4n) is 2.97. The number of amides is 2. The number of hydrogen-bond acceptors (Lipinski definition) is 5. The molecule has 1 aliphatic carbocycles. The van der Waals surface area contributed by atoms with Crippen molar-refractivity contribution < 1.29 is 19.1 Å². The number of anilines is 1. The Morgan fingerprint density at radius 3 is 2.83 bits per heavy atom. The first kappa shape index (κ1) is 14.1. The monoisotopic (exact) mass is 330 g/mol. The number of ether oxygens (including phenoxy) is 2. The molecule has 7 heteroatoms. The van der Waals surface area contributed by atoms with Gasteiger partial charge in [-0.15, -0.1) is 11.3 Å². The van der Waals surface area contributed by atoms with Crippen LogP contribution >= 0.6 is 11.3 Å². The van der Waals surface area contributed by atoms with Gasteiger partial charge in [-0.1, -0.05) is 0 Å². The molecule has 0 spiro atoms. The Hall–Kier alpha value is -2.54. The molecule has 2 aromatic rings. The summed E-state index contributed by atoms with van der Waals surface area (Å²) in [5, 5.41) is 3.34. The maximum atomic E-state index is 12.5. The van der Waals surface area contributed by atoms with Crippen LogP contribution in [0.3, 0.4) is 0 Å². The predicted octanol–water partition coefficient (Wildman–Crippen LogP) is 2.32. The standard InChI is InChI=1S/C16H14N2O4S/c17-14(19)13-9-2-1-3-12(9)23-16(13)18-15(20)8-4-5-10-11(6-8)22-7-21-10/h4-6H,1-3,7H2,(H2,17,19)(H,18,20). The lowest BCUT2D eigenvalue weighted by Gasteiger charge is -2.06. The normalized spacial score (nSPS) is 14.6. The Kier molecular flexibility index (Phi) is 3.23. The molecular formula is C16H14N2O4S. The summed E-state index contributed by atoms with van der Waals surface area (Å²) in [5.74, 6) is 0.368. The van der Waals surface area contributed by atoms with E-state index in [-0.39, 0.29) is 12.7 Å². The predicted molar refractivity (Wildman–Crippen MR) is 85.4 cm³/mol. The van der Waals surface area contributed by atoms with Crippen molar-refractivity contribution in [3.05, 3.63) is 39.8 Å². The van der Waals surface area contributed by atoms with Gasteiger partial charge in [0.25, 0.3) is 11.8 Å². The molecule has 0 atom stereocenters. The Balaban J connectivity index is 1.63. The van der Waals surface area contributed by atoms with Crippen molar-refractivity contribution in [2.24, 2.45) is 5.73 Å². The van der Waals surface area contributed by atoms with Crippen LogP contribution in [0.2, 0.25) is 0 Å². The van der Waals surface area contributed by atoms with Crippen molar-refractivity contribution in [1.29, 1.82) is 0 Å². The number of nitrogens with one attached hydrogen (secondary N) is 1. The van der Waals surface area contributed by atoms with Gasteiger partial charge in [0.1, 0.15) is 5.00 Å². The molecule has 2 aliphatic rings. The van der Waals surface area contributed by atoms with Crippen LogP contribution < -0.4 is 20.5 Å². The Labute approximate surface area is 136 Å². The summed E-state index contributed by atoms with van der Waals surface area (Å²) in [7, 11) is 0. The molecule has 6 nitrogen and oxygen atoms in total. The fraction of sp³-hybridized carbons (Fsp3) is 0.250. The summed E-state index contributed by atoms with van der Waals surface area (Å²) in [4.78, 5) is 25.4. The van der Waals surface area contributed by atoms with Crippen molar-refractivity contribution in [3.63, 3.8) is 0 Å². The van der Waals surface area contributed by atoms with Crippen LogP contribution in [-0.2, 0) is 12.8 Å². The topological polar surface area (TPSA) is 90.7 Å². The largest absolute Gasteiger partial charge is 0.454 e. The summed E-state index contributed by atoms with van der Waals surface area (Å²) in [5.41, 5.74) is 7.39. The zero-order valence-corrected chi connectivity index (χ0v) is 13.0. The molecule has 4 rings (SSSR count). The number of rotatable bonds is 3.